The zero-order valence-corrected chi connectivity index (χ0v) is 16.0. The van der Waals surface area contributed by atoms with Gasteiger partial charge in [0.1, 0.15) is 17.3 Å². The van der Waals surface area contributed by atoms with Crippen LogP contribution in [-0.4, -0.2) is 17.0 Å². The van der Waals surface area contributed by atoms with Crippen LogP contribution in [0.15, 0.2) is 84.9 Å². The van der Waals surface area contributed by atoms with Gasteiger partial charge in [-0.3, -0.25) is 5.41 Å². The van der Waals surface area contributed by atoms with Crippen molar-refractivity contribution in [1.82, 2.24) is 0 Å². The highest BCUT2D eigenvalue weighted by atomic mass is 31.2. The number of para-hydroxylation sites is 2. The Hall–Kier alpha value is -3.77. The molecular weight excluding hydrogens is 393 g/mol. The van der Waals surface area contributed by atoms with Gasteiger partial charge in [-0.05, 0) is 48.5 Å². The van der Waals surface area contributed by atoms with Crippen LogP contribution < -0.4 is 19.5 Å². The molecule has 0 bridgehead atoms. The maximum Gasteiger partial charge on any atom is 0.553 e. The standard InChI is InChI=1S/C20H18N3O5P/c21-19(22)15-11-13-16(14-12-15)23(20(24)25)29(26,27-17-7-3-1-4-8-17)28-18-9-5-2-6-10-18/h1-14H,(H3,21,22)(H,24,25). The fourth-order valence-corrected chi connectivity index (χ4v) is 4.07. The molecule has 0 heterocycles. The molecule has 8 nitrogen and oxygen atoms in total. The van der Waals surface area contributed by atoms with Crippen molar-refractivity contribution in [3.8, 4) is 11.5 Å². The van der Waals surface area contributed by atoms with Gasteiger partial charge < -0.3 is 19.9 Å². The van der Waals surface area contributed by atoms with E-state index in [0.29, 0.717) is 10.2 Å². The topological polar surface area (TPSA) is 126 Å². The second kappa shape index (κ2) is 8.50. The molecule has 0 fully saturated rings. The van der Waals surface area contributed by atoms with Crippen LogP contribution in [0, 0.1) is 5.41 Å². The normalized spacial score (nSPS) is 10.8. The Bertz CT molecular complexity index is 997. The SMILES string of the molecule is N=C(N)c1ccc(N(C(=O)O)P(=O)(Oc2ccccc2)Oc2ccccc2)cc1. The van der Waals surface area contributed by atoms with Gasteiger partial charge in [0.2, 0.25) is 0 Å². The lowest BCUT2D eigenvalue weighted by molar-refractivity contribution is 0.204. The van der Waals surface area contributed by atoms with Crippen LogP contribution in [0.25, 0.3) is 0 Å². The highest BCUT2D eigenvalue weighted by molar-refractivity contribution is 7.57. The van der Waals surface area contributed by atoms with Crippen molar-refractivity contribution in [1.29, 1.82) is 5.41 Å². The summed E-state index contributed by atoms with van der Waals surface area (Å²) in [5, 5.41) is 17.3. The third-order valence-electron chi connectivity index (χ3n) is 3.78. The third-order valence-corrected chi connectivity index (χ3v) is 5.55. The molecular formula is C20H18N3O5P. The number of carbonyl (C=O) groups is 1. The zero-order valence-electron chi connectivity index (χ0n) is 15.1. The Kier molecular flexibility index (Phi) is 5.85. The summed E-state index contributed by atoms with van der Waals surface area (Å²) >= 11 is 0. The third kappa shape index (κ3) is 4.75. The summed E-state index contributed by atoms with van der Waals surface area (Å²) in [6.07, 6.45) is -1.53. The number of hydrogen-bond donors (Lipinski definition) is 3. The quantitative estimate of drug-likeness (QED) is 0.293. The predicted octanol–water partition coefficient (Wildman–Crippen LogP) is 4.72. The van der Waals surface area contributed by atoms with Crippen molar-refractivity contribution < 1.29 is 23.5 Å². The highest BCUT2D eigenvalue weighted by Crippen LogP contribution is 2.53. The molecule has 3 aromatic rings. The van der Waals surface area contributed by atoms with Gasteiger partial charge in [0.15, 0.2) is 0 Å². The summed E-state index contributed by atoms with van der Waals surface area (Å²) in [4.78, 5) is 12.1. The lowest BCUT2D eigenvalue weighted by Crippen LogP contribution is -2.30. The molecule has 0 aliphatic rings. The highest BCUT2D eigenvalue weighted by Gasteiger charge is 2.43. The van der Waals surface area contributed by atoms with Crippen LogP contribution in [0.5, 0.6) is 11.5 Å². The zero-order chi connectivity index (χ0) is 20.9. The van der Waals surface area contributed by atoms with Gasteiger partial charge in [-0.2, -0.15) is 4.67 Å². The summed E-state index contributed by atoms with van der Waals surface area (Å²) in [5.74, 6) is 0.180. The van der Waals surface area contributed by atoms with E-state index in [9.17, 15) is 14.5 Å². The molecule has 148 valence electrons. The molecule has 0 saturated carbocycles. The molecule has 3 rings (SSSR count). The number of nitrogens with zero attached hydrogens (tertiary/aromatic N) is 1. The average Bonchev–Trinajstić information content (AvgIpc) is 2.69. The van der Waals surface area contributed by atoms with Crippen molar-refractivity contribution in [3.05, 3.63) is 90.5 Å². The lowest BCUT2D eigenvalue weighted by atomic mass is 10.2. The van der Waals surface area contributed by atoms with Gasteiger partial charge in [-0.25, -0.2) is 9.36 Å². The van der Waals surface area contributed by atoms with E-state index in [2.05, 4.69) is 0 Å². The molecule has 4 N–H and O–H groups in total. The predicted molar refractivity (Wildman–Crippen MR) is 110 cm³/mol. The van der Waals surface area contributed by atoms with Gasteiger partial charge in [0.25, 0.3) is 0 Å². The number of benzene rings is 3. The summed E-state index contributed by atoms with van der Waals surface area (Å²) < 4.78 is 25.4. The minimum atomic E-state index is -4.44. The number of hydrogen-bond acceptors (Lipinski definition) is 5. The van der Waals surface area contributed by atoms with Gasteiger partial charge in [-0.1, -0.05) is 36.4 Å². The van der Waals surface area contributed by atoms with E-state index >= 15 is 0 Å². The number of rotatable bonds is 7. The van der Waals surface area contributed by atoms with E-state index in [-0.39, 0.29) is 23.0 Å². The number of nitrogens with one attached hydrogen (secondary N) is 1. The van der Waals surface area contributed by atoms with Gasteiger partial charge in [0.05, 0.1) is 5.69 Å². The Labute approximate surface area is 167 Å². The first-order valence-electron chi connectivity index (χ1n) is 8.46. The van der Waals surface area contributed by atoms with E-state index in [4.69, 9.17) is 20.2 Å². The minimum absolute atomic E-state index is 0.0395. The van der Waals surface area contributed by atoms with Crippen LogP contribution in [0.1, 0.15) is 5.56 Å². The lowest BCUT2D eigenvalue weighted by Gasteiger charge is -2.28. The maximum atomic E-state index is 13.7. The summed E-state index contributed by atoms with van der Waals surface area (Å²) in [5.41, 5.74) is 5.87. The fourth-order valence-electron chi connectivity index (χ4n) is 2.47. The van der Waals surface area contributed by atoms with E-state index in [1.807, 2.05) is 0 Å². The van der Waals surface area contributed by atoms with Crippen LogP contribution in [-0.2, 0) is 4.57 Å². The van der Waals surface area contributed by atoms with Gasteiger partial charge in [-0.15, -0.1) is 0 Å². The first-order chi connectivity index (χ1) is 13.9. The molecule has 0 unspecified atom stereocenters. The van der Waals surface area contributed by atoms with E-state index in [1.54, 1.807) is 60.7 Å². The second-order valence-electron chi connectivity index (χ2n) is 5.83. The Morgan fingerprint density at radius 2 is 1.31 bits per heavy atom. The molecule has 0 aromatic heterocycles. The van der Waals surface area contributed by atoms with Crippen molar-refractivity contribution in [2.24, 2.45) is 5.73 Å². The molecule has 9 heteroatoms. The van der Waals surface area contributed by atoms with Crippen molar-refractivity contribution >= 4 is 25.4 Å². The summed E-state index contributed by atoms with van der Waals surface area (Å²) in [6.45, 7) is 0. The monoisotopic (exact) mass is 411 g/mol. The second-order valence-corrected chi connectivity index (χ2v) is 7.53. The van der Waals surface area contributed by atoms with E-state index < -0.39 is 13.8 Å². The van der Waals surface area contributed by atoms with Crippen molar-refractivity contribution in [2.45, 2.75) is 0 Å². The number of carboxylic acid groups (broad SMARTS) is 1. The fraction of sp³-hybridized carbons (Fsp3) is 0. The first kappa shape index (κ1) is 20.0. The number of amides is 1. The largest absolute Gasteiger partial charge is 0.553 e. The van der Waals surface area contributed by atoms with Crippen LogP contribution in [0.4, 0.5) is 10.5 Å². The Morgan fingerprint density at radius 1 is 0.862 bits per heavy atom. The average molecular weight is 411 g/mol. The number of anilines is 1. The molecule has 1 amide bonds. The molecule has 0 saturated heterocycles. The number of nitrogens with two attached hydrogens (primary N) is 1. The molecule has 0 aliphatic carbocycles. The number of amidine groups is 1. The van der Waals surface area contributed by atoms with Crippen molar-refractivity contribution in [3.63, 3.8) is 0 Å². The van der Waals surface area contributed by atoms with Gasteiger partial charge in [0, 0.05) is 5.56 Å². The molecule has 0 radical (unpaired) electrons. The van der Waals surface area contributed by atoms with Crippen LogP contribution >= 0.6 is 7.75 Å². The Balaban J connectivity index is 2.06. The minimum Gasteiger partial charge on any atom is -0.464 e. The van der Waals surface area contributed by atoms with Crippen molar-refractivity contribution in [2.75, 3.05) is 4.67 Å². The molecule has 29 heavy (non-hydrogen) atoms. The molecule has 0 spiro atoms. The molecule has 0 aliphatic heterocycles. The number of nitrogen functional groups attached to an aromatic ring is 1. The maximum absolute atomic E-state index is 13.7. The van der Waals surface area contributed by atoms with Gasteiger partial charge >= 0.3 is 13.8 Å². The molecule has 0 atom stereocenters. The van der Waals surface area contributed by atoms with Crippen LogP contribution in [0.2, 0.25) is 0 Å². The Morgan fingerprint density at radius 3 is 1.69 bits per heavy atom. The van der Waals surface area contributed by atoms with Crippen LogP contribution in [0.3, 0.4) is 0 Å². The first-order valence-corrected chi connectivity index (χ1v) is 9.96. The van der Waals surface area contributed by atoms with E-state index in [0.717, 1.165) is 0 Å². The smallest absolute Gasteiger partial charge is 0.464 e. The molecule has 3 aromatic carbocycles. The summed E-state index contributed by atoms with van der Waals surface area (Å²) in [7, 11) is -4.44. The van der Waals surface area contributed by atoms with E-state index in [1.165, 1.54) is 24.3 Å². The summed E-state index contributed by atoms with van der Waals surface area (Å²) in [6, 6.07) is 21.9.